The zero-order chi connectivity index (χ0) is 23.8. The first-order valence-electron chi connectivity index (χ1n) is 10.5. The van der Waals surface area contributed by atoms with Crippen LogP contribution in [-0.2, 0) is 14.6 Å². The number of thioether (sulfide) groups is 1. The van der Waals surface area contributed by atoms with Gasteiger partial charge in [0.25, 0.3) is 0 Å². The number of carbonyl (C=O) groups is 1. The van der Waals surface area contributed by atoms with E-state index >= 15 is 0 Å². The standard InChI is InChI=1S/C23H27N3O5S2/c1-14-6-5-7-17(15(14)2)24-22(27)11-32-23-25-18-12-33(28,29)13-20(18)26(23)19-10-16(30-3)8-9-21(19)31-4/h5-10,18,20H,11-13H2,1-4H3,(H,24,27)/t18-,20+/m1/s1. The van der Waals surface area contributed by atoms with E-state index in [1.807, 2.05) is 36.9 Å². The smallest absolute Gasteiger partial charge is 0.234 e. The van der Waals surface area contributed by atoms with Gasteiger partial charge in [-0.2, -0.15) is 0 Å². The number of aliphatic imine (C=N–C) groups is 1. The number of amidine groups is 1. The Balaban J connectivity index is 1.58. The van der Waals surface area contributed by atoms with Gasteiger partial charge in [-0.05, 0) is 43.2 Å². The van der Waals surface area contributed by atoms with Crippen molar-refractivity contribution < 1.29 is 22.7 Å². The summed E-state index contributed by atoms with van der Waals surface area (Å²) in [7, 11) is -0.0647. The Morgan fingerprint density at radius 1 is 1.18 bits per heavy atom. The maximum atomic E-state index is 12.7. The second-order valence-electron chi connectivity index (χ2n) is 8.12. The summed E-state index contributed by atoms with van der Waals surface area (Å²) in [4.78, 5) is 19.3. The molecule has 2 aromatic rings. The highest BCUT2D eigenvalue weighted by Crippen LogP contribution is 2.41. The predicted molar refractivity (Wildman–Crippen MR) is 133 cm³/mol. The summed E-state index contributed by atoms with van der Waals surface area (Å²) in [6.45, 7) is 3.97. The van der Waals surface area contributed by atoms with Gasteiger partial charge in [0.05, 0.1) is 49.2 Å². The Kier molecular flexibility index (Phi) is 6.58. The van der Waals surface area contributed by atoms with Crippen LogP contribution in [0.2, 0.25) is 0 Å². The number of hydrogen-bond donors (Lipinski definition) is 1. The molecular formula is C23H27N3O5S2. The van der Waals surface area contributed by atoms with Crippen molar-refractivity contribution in [3.63, 3.8) is 0 Å². The molecule has 2 aromatic carbocycles. The van der Waals surface area contributed by atoms with Crippen LogP contribution in [0.15, 0.2) is 41.4 Å². The molecule has 1 N–H and O–H groups in total. The van der Waals surface area contributed by atoms with E-state index < -0.39 is 9.84 Å². The Morgan fingerprint density at radius 2 is 1.97 bits per heavy atom. The normalized spacial score (nSPS) is 20.8. The van der Waals surface area contributed by atoms with E-state index in [0.717, 1.165) is 16.8 Å². The number of methoxy groups -OCH3 is 2. The molecule has 4 rings (SSSR count). The maximum Gasteiger partial charge on any atom is 0.234 e. The predicted octanol–water partition coefficient (Wildman–Crippen LogP) is 3.03. The number of fused-ring (bicyclic) bond motifs is 1. The van der Waals surface area contributed by atoms with Gasteiger partial charge >= 0.3 is 0 Å². The fourth-order valence-corrected chi connectivity index (χ4v) is 6.86. The summed E-state index contributed by atoms with van der Waals surface area (Å²) in [5, 5.41) is 3.56. The molecule has 2 heterocycles. The summed E-state index contributed by atoms with van der Waals surface area (Å²) in [6.07, 6.45) is 0. The molecule has 8 nitrogen and oxygen atoms in total. The van der Waals surface area contributed by atoms with Crippen molar-refractivity contribution in [1.29, 1.82) is 0 Å². The average Bonchev–Trinajstić information content (AvgIpc) is 3.25. The highest BCUT2D eigenvalue weighted by atomic mass is 32.2. The lowest BCUT2D eigenvalue weighted by Gasteiger charge is -2.28. The zero-order valence-corrected chi connectivity index (χ0v) is 20.6. The van der Waals surface area contributed by atoms with E-state index in [4.69, 9.17) is 14.5 Å². The van der Waals surface area contributed by atoms with E-state index in [1.54, 1.807) is 32.4 Å². The molecule has 1 saturated heterocycles. The zero-order valence-electron chi connectivity index (χ0n) is 19.0. The molecule has 0 unspecified atom stereocenters. The summed E-state index contributed by atoms with van der Waals surface area (Å²) < 4.78 is 35.5. The van der Waals surface area contributed by atoms with Crippen LogP contribution in [0.3, 0.4) is 0 Å². The number of aryl methyl sites for hydroxylation is 1. The molecule has 2 aliphatic heterocycles. The van der Waals surface area contributed by atoms with Crippen molar-refractivity contribution in [3.05, 3.63) is 47.5 Å². The minimum atomic E-state index is -3.20. The van der Waals surface area contributed by atoms with Crippen molar-refractivity contribution in [2.45, 2.75) is 25.9 Å². The van der Waals surface area contributed by atoms with E-state index in [-0.39, 0.29) is 35.2 Å². The molecule has 0 aromatic heterocycles. The molecule has 1 fully saturated rings. The van der Waals surface area contributed by atoms with Gasteiger partial charge in [0, 0.05) is 11.8 Å². The summed E-state index contributed by atoms with van der Waals surface area (Å²) >= 11 is 1.29. The number of anilines is 2. The number of ether oxygens (including phenoxy) is 2. The van der Waals surface area contributed by atoms with Crippen molar-refractivity contribution in [2.75, 3.05) is 41.7 Å². The number of amides is 1. The van der Waals surface area contributed by atoms with E-state index in [2.05, 4.69) is 5.32 Å². The first kappa shape index (κ1) is 23.4. The maximum absolute atomic E-state index is 12.7. The monoisotopic (exact) mass is 489 g/mol. The third kappa shape index (κ3) is 4.81. The molecule has 0 aliphatic carbocycles. The van der Waals surface area contributed by atoms with Gasteiger partial charge in [-0.25, -0.2) is 8.42 Å². The molecule has 2 aliphatic rings. The number of sulfone groups is 1. The van der Waals surface area contributed by atoms with Crippen molar-refractivity contribution in [3.8, 4) is 11.5 Å². The van der Waals surface area contributed by atoms with E-state index in [0.29, 0.717) is 22.4 Å². The van der Waals surface area contributed by atoms with E-state index in [1.165, 1.54) is 11.8 Å². The van der Waals surface area contributed by atoms with Crippen molar-refractivity contribution in [1.82, 2.24) is 0 Å². The van der Waals surface area contributed by atoms with Gasteiger partial charge in [-0.15, -0.1) is 0 Å². The molecule has 10 heteroatoms. The number of hydrogen-bond acceptors (Lipinski definition) is 8. The van der Waals surface area contributed by atoms with E-state index in [9.17, 15) is 13.2 Å². The third-order valence-electron chi connectivity index (χ3n) is 5.96. The number of carbonyl (C=O) groups excluding carboxylic acids is 1. The molecule has 1 amide bonds. The lowest BCUT2D eigenvalue weighted by molar-refractivity contribution is -0.113. The summed E-state index contributed by atoms with van der Waals surface area (Å²) in [6, 6.07) is 10.4. The second-order valence-corrected chi connectivity index (χ2v) is 11.2. The van der Waals surface area contributed by atoms with Gasteiger partial charge in [0.15, 0.2) is 15.0 Å². The molecular weight excluding hydrogens is 462 g/mol. The number of benzene rings is 2. The first-order valence-corrected chi connectivity index (χ1v) is 13.3. The molecule has 2 atom stereocenters. The largest absolute Gasteiger partial charge is 0.497 e. The third-order valence-corrected chi connectivity index (χ3v) is 8.63. The lowest BCUT2D eigenvalue weighted by Crippen LogP contribution is -2.39. The van der Waals surface area contributed by atoms with Crippen LogP contribution in [-0.4, -0.2) is 63.1 Å². The highest BCUT2D eigenvalue weighted by Gasteiger charge is 2.48. The van der Waals surface area contributed by atoms with Crippen LogP contribution in [0, 0.1) is 13.8 Å². The molecule has 176 valence electrons. The van der Waals surface area contributed by atoms with Crippen LogP contribution in [0.5, 0.6) is 11.5 Å². The van der Waals surface area contributed by atoms with Crippen molar-refractivity contribution in [2.24, 2.45) is 4.99 Å². The molecule has 0 bridgehead atoms. The van der Waals surface area contributed by atoms with Crippen LogP contribution >= 0.6 is 11.8 Å². The molecule has 0 saturated carbocycles. The fraction of sp³-hybridized carbons (Fsp3) is 0.391. The number of nitrogens with one attached hydrogen (secondary N) is 1. The molecule has 33 heavy (non-hydrogen) atoms. The van der Waals surface area contributed by atoms with Crippen LogP contribution < -0.4 is 19.7 Å². The van der Waals surface area contributed by atoms with Crippen LogP contribution in [0.4, 0.5) is 11.4 Å². The molecule has 0 radical (unpaired) electrons. The minimum Gasteiger partial charge on any atom is -0.497 e. The Morgan fingerprint density at radius 3 is 2.70 bits per heavy atom. The SMILES string of the molecule is COc1ccc(OC)c(N2C(SCC(=O)Nc3cccc(C)c3C)=N[C@@H]3CS(=O)(=O)C[C@@H]32)c1. The Bertz CT molecular complexity index is 1210. The van der Waals surface area contributed by atoms with Crippen molar-refractivity contribution >= 4 is 44.0 Å². The summed E-state index contributed by atoms with van der Waals surface area (Å²) in [5.41, 5.74) is 3.58. The summed E-state index contributed by atoms with van der Waals surface area (Å²) in [5.74, 6) is 1.18. The van der Waals surface area contributed by atoms with Crippen LogP contribution in [0.1, 0.15) is 11.1 Å². The van der Waals surface area contributed by atoms with Gasteiger partial charge in [-0.1, -0.05) is 23.9 Å². The topological polar surface area (TPSA) is 97.3 Å². The van der Waals surface area contributed by atoms with Crippen LogP contribution in [0.25, 0.3) is 0 Å². The van der Waals surface area contributed by atoms with Gasteiger partial charge in [0.2, 0.25) is 5.91 Å². The first-order chi connectivity index (χ1) is 15.7. The van der Waals surface area contributed by atoms with Gasteiger partial charge in [-0.3, -0.25) is 9.79 Å². The minimum absolute atomic E-state index is 0.000272. The van der Waals surface area contributed by atoms with Gasteiger partial charge in [0.1, 0.15) is 11.5 Å². The number of nitrogens with zero attached hydrogens (tertiary/aromatic N) is 2. The average molecular weight is 490 g/mol. The van der Waals surface area contributed by atoms with Gasteiger partial charge < -0.3 is 19.7 Å². The quantitative estimate of drug-likeness (QED) is 0.666. The second kappa shape index (κ2) is 9.26. The number of rotatable bonds is 6. The Hall–Kier alpha value is -2.72. The highest BCUT2D eigenvalue weighted by molar-refractivity contribution is 8.14. The fourth-order valence-electron chi connectivity index (χ4n) is 4.10. The molecule has 0 spiro atoms. The Labute approximate surface area is 198 Å². The lowest BCUT2D eigenvalue weighted by atomic mass is 10.1.